The molecule has 0 heterocycles. The highest BCUT2D eigenvalue weighted by molar-refractivity contribution is 14.2. The van der Waals surface area contributed by atoms with Gasteiger partial charge < -0.3 is 19.0 Å². The molecule has 0 radical (unpaired) electrons. The van der Waals surface area contributed by atoms with Gasteiger partial charge in [-0.05, 0) is 57.9 Å². The number of carbonyl (C=O) groups is 1. The Morgan fingerprint density at radius 2 is 2.08 bits per heavy atom. The molecule has 24 heavy (non-hydrogen) atoms. The van der Waals surface area contributed by atoms with E-state index in [1.807, 2.05) is 45.9 Å². The number of rotatable bonds is 8. The maximum atomic E-state index is 11.8. The standard InChI is InChI=1S/C16H23BrINO4S/c1-11(19-15(20)23-16(2,3)4)9-12-10-13(5-6-14(12)17)21-7-8-22-24-18/h5-6,10-11H,7-9H2,1-4H3,(H,19,20). The van der Waals surface area contributed by atoms with Crippen LogP contribution >= 0.6 is 46.3 Å². The van der Waals surface area contributed by atoms with E-state index in [-0.39, 0.29) is 6.04 Å². The Labute approximate surface area is 168 Å². The number of carbonyl (C=O) groups excluding carboxylic acids is 1. The van der Waals surface area contributed by atoms with Crippen molar-refractivity contribution in [3.05, 3.63) is 28.2 Å². The molecule has 0 aromatic heterocycles. The van der Waals surface area contributed by atoms with Crippen LogP contribution in [0.2, 0.25) is 0 Å². The third kappa shape index (κ3) is 9.33. The fourth-order valence-corrected chi connectivity index (χ4v) is 2.99. The van der Waals surface area contributed by atoms with Crippen LogP contribution in [0.1, 0.15) is 33.3 Å². The van der Waals surface area contributed by atoms with E-state index in [1.54, 1.807) is 0 Å². The molecule has 136 valence electrons. The summed E-state index contributed by atoms with van der Waals surface area (Å²) in [7, 11) is 1.29. The molecule has 0 aliphatic carbocycles. The maximum Gasteiger partial charge on any atom is 0.407 e. The minimum absolute atomic E-state index is 0.0647. The van der Waals surface area contributed by atoms with Crippen molar-refractivity contribution in [2.45, 2.75) is 45.8 Å². The van der Waals surface area contributed by atoms with E-state index >= 15 is 0 Å². The third-order valence-electron chi connectivity index (χ3n) is 2.79. The molecule has 1 N–H and O–H groups in total. The van der Waals surface area contributed by atoms with Crippen LogP contribution in [0.4, 0.5) is 4.79 Å². The van der Waals surface area contributed by atoms with Crippen molar-refractivity contribution in [1.82, 2.24) is 5.32 Å². The van der Waals surface area contributed by atoms with Crippen LogP contribution in [0, 0.1) is 0 Å². The topological polar surface area (TPSA) is 56.8 Å². The van der Waals surface area contributed by atoms with E-state index in [4.69, 9.17) is 13.7 Å². The summed E-state index contributed by atoms with van der Waals surface area (Å²) in [5.74, 6) is 0.778. The van der Waals surface area contributed by atoms with Gasteiger partial charge >= 0.3 is 6.09 Å². The van der Waals surface area contributed by atoms with E-state index in [1.165, 1.54) is 9.21 Å². The lowest BCUT2D eigenvalue weighted by molar-refractivity contribution is 0.0508. The fraction of sp³-hybridized carbons (Fsp3) is 0.562. The molecular weight excluding hydrogens is 509 g/mol. The zero-order valence-corrected chi connectivity index (χ0v) is 18.8. The quantitative estimate of drug-likeness (QED) is 0.280. The molecular formula is C16H23BrINO4S. The second-order valence-corrected chi connectivity index (χ2v) is 8.53. The van der Waals surface area contributed by atoms with Crippen molar-refractivity contribution in [3.8, 4) is 5.75 Å². The van der Waals surface area contributed by atoms with E-state index in [0.717, 1.165) is 15.8 Å². The van der Waals surface area contributed by atoms with Crippen molar-refractivity contribution in [2.24, 2.45) is 0 Å². The molecule has 1 atom stereocenters. The predicted octanol–water partition coefficient (Wildman–Crippen LogP) is 5.30. The first-order valence-corrected chi connectivity index (χ1v) is 11.6. The van der Waals surface area contributed by atoms with Gasteiger partial charge in [0.1, 0.15) is 18.0 Å². The molecule has 0 saturated heterocycles. The van der Waals surface area contributed by atoms with E-state index in [2.05, 4.69) is 42.5 Å². The summed E-state index contributed by atoms with van der Waals surface area (Å²) in [6.45, 7) is 8.48. The first kappa shape index (κ1) is 21.9. The highest BCUT2D eigenvalue weighted by Crippen LogP contribution is 2.24. The molecule has 1 rings (SSSR count). The average molecular weight is 532 g/mol. The summed E-state index contributed by atoms with van der Waals surface area (Å²) < 4.78 is 17.1. The third-order valence-corrected chi connectivity index (χ3v) is 4.58. The van der Waals surface area contributed by atoms with Crippen molar-refractivity contribution in [3.63, 3.8) is 0 Å². The summed E-state index contributed by atoms with van der Waals surface area (Å²) in [6, 6.07) is 5.74. The molecule has 1 amide bonds. The van der Waals surface area contributed by atoms with Crippen LogP contribution in [-0.2, 0) is 15.3 Å². The lowest BCUT2D eigenvalue weighted by Crippen LogP contribution is -2.38. The fourth-order valence-electron chi connectivity index (χ4n) is 1.91. The molecule has 0 saturated carbocycles. The Kier molecular flexibility index (Phi) is 9.76. The molecule has 0 aliphatic rings. The normalized spacial score (nSPS) is 12.6. The Morgan fingerprint density at radius 3 is 2.71 bits per heavy atom. The van der Waals surface area contributed by atoms with Gasteiger partial charge in [-0.2, -0.15) is 0 Å². The van der Waals surface area contributed by atoms with E-state index in [0.29, 0.717) is 19.6 Å². The number of ether oxygens (including phenoxy) is 2. The summed E-state index contributed by atoms with van der Waals surface area (Å²) >= 11 is 5.61. The SMILES string of the molecule is CC(Cc1cc(OCCOSI)ccc1Br)NC(=O)OC(C)(C)C. The van der Waals surface area contributed by atoms with Gasteiger partial charge in [-0.1, -0.05) is 15.9 Å². The minimum Gasteiger partial charge on any atom is -0.491 e. The molecule has 0 aliphatic heterocycles. The van der Waals surface area contributed by atoms with Gasteiger partial charge in [0, 0.05) is 31.7 Å². The smallest absolute Gasteiger partial charge is 0.407 e. The lowest BCUT2D eigenvalue weighted by atomic mass is 10.1. The molecule has 1 unspecified atom stereocenters. The van der Waals surface area contributed by atoms with Gasteiger partial charge in [-0.15, -0.1) is 0 Å². The zero-order chi connectivity index (χ0) is 18.2. The van der Waals surface area contributed by atoms with Gasteiger partial charge in [-0.3, -0.25) is 0 Å². The van der Waals surface area contributed by atoms with Crippen molar-refractivity contribution >= 4 is 52.4 Å². The van der Waals surface area contributed by atoms with Gasteiger partial charge in [0.05, 0.1) is 15.8 Å². The summed E-state index contributed by atoms with van der Waals surface area (Å²) in [6.07, 6.45) is 0.254. The van der Waals surface area contributed by atoms with E-state index < -0.39 is 11.7 Å². The van der Waals surface area contributed by atoms with Gasteiger partial charge in [0.15, 0.2) is 0 Å². The maximum absolute atomic E-state index is 11.8. The summed E-state index contributed by atoms with van der Waals surface area (Å²) in [5.41, 5.74) is 0.552. The molecule has 5 nitrogen and oxygen atoms in total. The van der Waals surface area contributed by atoms with Crippen LogP contribution in [-0.4, -0.2) is 30.9 Å². The summed E-state index contributed by atoms with van der Waals surface area (Å²) in [4.78, 5) is 11.8. The second kappa shape index (κ2) is 10.7. The van der Waals surface area contributed by atoms with Gasteiger partial charge in [0.25, 0.3) is 0 Å². The molecule has 1 aromatic rings. The first-order chi connectivity index (χ1) is 11.2. The van der Waals surface area contributed by atoms with Crippen molar-refractivity contribution in [1.29, 1.82) is 0 Å². The number of amides is 1. The Morgan fingerprint density at radius 1 is 1.38 bits per heavy atom. The Balaban J connectivity index is 2.57. The van der Waals surface area contributed by atoms with Crippen LogP contribution in [0.25, 0.3) is 0 Å². The lowest BCUT2D eigenvalue weighted by Gasteiger charge is -2.22. The number of nitrogens with one attached hydrogen (secondary N) is 1. The van der Waals surface area contributed by atoms with Gasteiger partial charge in [-0.25, -0.2) is 4.79 Å². The summed E-state index contributed by atoms with van der Waals surface area (Å²) in [5, 5.41) is 2.85. The molecule has 1 aromatic carbocycles. The van der Waals surface area contributed by atoms with Gasteiger partial charge in [0.2, 0.25) is 0 Å². The molecule has 8 heteroatoms. The van der Waals surface area contributed by atoms with Crippen LogP contribution in [0.5, 0.6) is 5.75 Å². The number of hydrogen-bond donors (Lipinski definition) is 1. The minimum atomic E-state index is -0.504. The number of alkyl carbamates (subject to hydrolysis) is 1. The van der Waals surface area contributed by atoms with E-state index in [9.17, 15) is 4.79 Å². The molecule has 0 spiro atoms. The molecule has 0 fully saturated rings. The molecule has 0 bridgehead atoms. The zero-order valence-electron chi connectivity index (χ0n) is 14.2. The number of halogens is 2. The first-order valence-electron chi connectivity index (χ1n) is 7.52. The monoisotopic (exact) mass is 531 g/mol. The van der Waals surface area contributed by atoms with Crippen LogP contribution < -0.4 is 10.1 Å². The number of benzene rings is 1. The average Bonchev–Trinajstić information content (AvgIpc) is 2.44. The van der Waals surface area contributed by atoms with Crippen LogP contribution in [0.15, 0.2) is 22.7 Å². The Bertz CT molecular complexity index is 539. The van der Waals surface area contributed by atoms with Crippen LogP contribution in [0.3, 0.4) is 0 Å². The highest BCUT2D eigenvalue weighted by Gasteiger charge is 2.18. The number of hydrogen-bond acceptors (Lipinski definition) is 5. The van der Waals surface area contributed by atoms with Crippen molar-refractivity contribution in [2.75, 3.05) is 13.2 Å². The Hall–Kier alpha value is -0.190. The predicted molar refractivity (Wildman–Crippen MR) is 110 cm³/mol. The second-order valence-electron chi connectivity index (χ2n) is 6.24. The highest BCUT2D eigenvalue weighted by atomic mass is 127. The van der Waals surface area contributed by atoms with Crippen molar-refractivity contribution < 1.29 is 18.5 Å². The largest absolute Gasteiger partial charge is 0.491 e.